The summed E-state index contributed by atoms with van der Waals surface area (Å²) in [7, 11) is 1.63. The van der Waals surface area contributed by atoms with E-state index in [-0.39, 0.29) is 5.91 Å². The summed E-state index contributed by atoms with van der Waals surface area (Å²) in [4.78, 5) is 16.7. The van der Waals surface area contributed by atoms with Crippen LogP contribution in [0.5, 0.6) is 5.75 Å². The Morgan fingerprint density at radius 1 is 1.07 bits per heavy atom. The number of piperazine rings is 1. The van der Waals surface area contributed by atoms with Gasteiger partial charge >= 0.3 is 0 Å². The lowest BCUT2D eigenvalue weighted by Gasteiger charge is -2.34. The smallest absolute Gasteiger partial charge is 0.241 e. The summed E-state index contributed by atoms with van der Waals surface area (Å²) in [6.07, 6.45) is 1.61. The Morgan fingerprint density at radius 2 is 1.79 bits per heavy atom. The molecule has 1 saturated heterocycles. The van der Waals surface area contributed by atoms with Crippen molar-refractivity contribution in [1.29, 1.82) is 0 Å². The Balaban J connectivity index is 1.55. The number of carbonyl (C=O) groups excluding carboxylic acids is 1. The monoisotopic (exact) mass is 382 g/mol. The van der Waals surface area contributed by atoms with Crippen LogP contribution in [-0.4, -0.2) is 48.3 Å². The third-order valence-electron chi connectivity index (χ3n) is 5.12. The number of hydrogen-bond acceptors (Lipinski definition) is 4. The van der Waals surface area contributed by atoms with Gasteiger partial charge in [0.15, 0.2) is 0 Å². The van der Waals surface area contributed by atoms with Crippen molar-refractivity contribution in [3.63, 3.8) is 0 Å². The largest absolute Gasteiger partial charge is 0.497 e. The first kappa shape index (κ1) is 20.4. The zero-order valence-electron chi connectivity index (χ0n) is 17.0. The van der Waals surface area contributed by atoms with Crippen LogP contribution in [-0.2, 0) is 17.8 Å². The molecule has 0 spiro atoms. The molecule has 3 rings (SSSR count). The molecular weight excluding hydrogens is 352 g/mol. The molecule has 2 aromatic carbocycles. The summed E-state index contributed by atoms with van der Waals surface area (Å²) in [5, 5.41) is 9.86. The minimum Gasteiger partial charge on any atom is -0.497 e. The molecular formula is C23H30N2O3. The van der Waals surface area contributed by atoms with Crippen molar-refractivity contribution in [3.8, 4) is 5.75 Å². The second-order valence-electron chi connectivity index (χ2n) is 8.09. The molecule has 0 bridgehead atoms. The number of nitrogens with zero attached hydrogens (tertiary/aromatic N) is 2. The molecule has 1 aliphatic heterocycles. The topological polar surface area (TPSA) is 53.0 Å². The molecule has 0 saturated carbocycles. The molecule has 1 N–H and O–H groups in total. The molecule has 150 valence electrons. The van der Waals surface area contributed by atoms with Crippen molar-refractivity contribution < 1.29 is 14.6 Å². The molecule has 0 atom stereocenters. The van der Waals surface area contributed by atoms with E-state index in [4.69, 9.17) is 4.74 Å². The van der Waals surface area contributed by atoms with Gasteiger partial charge in [0, 0.05) is 31.4 Å². The number of benzene rings is 2. The second-order valence-corrected chi connectivity index (χ2v) is 8.09. The van der Waals surface area contributed by atoms with Crippen molar-refractivity contribution >= 4 is 11.6 Å². The summed E-state index contributed by atoms with van der Waals surface area (Å²) >= 11 is 0. The van der Waals surface area contributed by atoms with Gasteiger partial charge < -0.3 is 14.7 Å². The van der Waals surface area contributed by atoms with Gasteiger partial charge in [-0.25, -0.2) is 0 Å². The number of rotatable bonds is 7. The average molecular weight is 383 g/mol. The van der Waals surface area contributed by atoms with E-state index in [0.717, 1.165) is 37.4 Å². The predicted octanol–water partition coefficient (Wildman–Crippen LogP) is 3.25. The van der Waals surface area contributed by atoms with Gasteiger partial charge in [0.05, 0.1) is 19.3 Å². The number of aryl methyl sites for hydroxylation is 1. The van der Waals surface area contributed by atoms with Crippen molar-refractivity contribution in [2.45, 2.75) is 38.8 Å². The van der Waals surface area contributed by atoms with Crippen molar-refractivity contribution in [3.05, 3.63) is 59.7 Å². The first-order valence-electron chi connectivity index (χ1n) is 9.81. The Hall–Kier alpha value is -2.37. The van der Waals surface area contributed by atoms with E-state index in [1.165, 1.54) is 11.1 Å². The van der Waals surface area contributed by atoms with E-state index in [9.17, 15) is 9.90 Å². The maximum atomic E-state index is 12.6. The van der Waals surface area contributed by atoms with Crippen molar-refractivity contribution in [2.75, 3.05) is 31.6 Å². The van der Waals surface area contributed by atoms with E-state index in [0.29, 0.717) is 13.1 Å². The number of carbonyl (C=O) groups is 1. The minimum atomic E-state index is -0.637. The van der Waals surface area contributed by atoms with Gasteiger partial charge in [0.25, 0.3) is 0 Å². The molecule has 1 amide bonds. The van der Waals surface area contributed by atoms with Crippen LogP contribution < -0.4 is 9.64 Å². The predicted molar refractivity (Wildman–Crippen MR) is 112 cm³/mol. The van der Waals surface area contributed by atoms with Gasteiger partial charge in [-0.3, -0.25) is 9.69 Å². The summed E-state index contributed by atoms with van der Waals surface area (Å²) < 4.78 is 5.26. The molecule has 2 aromatic rings. The normalized spacial score (nSPS) is 15.7. The van der Waals surface area contributed by atoms with Crippen LogP contribution in [0.4, 0.5) is 5.69 Å². The Morgan fingerprint density at radius 3 is 2.43 bits per heavy atom. The lowest BCUT2D eigenvalue weighted by atomic mass is 9.98. The maximum Gasteiger partial charge on any atom is 0.241 e. The molecule has 0 radical (unpaired) electrons. The van der Waals surface area contributed by atoms with Gasteiger partial charge in [-0.15, -0.1) is 0 Å². The number of anilines is 1. The first-order chi connectivity index (χ1) is 13.3. The highest BCUT2D eigenvalue weighted by Crippen LogP contribution is 2.23. The lowest BCUT2D eigenvalue weighted by molar-refractivity contribution is -0.121. The van der Waals surface area contributed by atoms with Crippen LogP contribution in [0.25, 0.3) is 0 Å². The highest BCUT2D eigenvalue weighted by molar-refractivity contribution is 5.95. The Labute approximate surface area is 167 Å². The summed E-state index contributed by atoms with van der Waals surface area (Å²) in [5.41, 5.74) is 2.68. The molecule has 1 heterocycles. The van der Waals surface area contributed by atoms with Gasteiger partial charge in [-0.1, -0.05) is 30.3 Å². The Kier molecular flexibility index (Phi) is 6.37. The van der Waals surface area contributed by atoms with Crippen LogP contribution in [0.15, 0.2) is 48.5 Å². The maximum absolute atomic E-state index is 12.6. The molecule has 0 unspecified atom stereocenters. The van der Waals surface area contributed by atoms with E-state index in [1.807, 2.05) is 43.0 Å². The number of aliphatic hydroxyl groups is 1. The quantitative estimate of drug-likeness (QED) is 0.799. The molecule has 5 nitrogen and oxygen atoms in total. The Bertz CT molecular complexity index is 796. The second kappa shape index (κ2) is 8.76. The third kappa shape index (κ3) is 5.57. The molecule has 5 heteroatoms. The third-order valence-corrected chi connectivity index (χ3v) is 5.12. The zero-order valence-corrected chi connectivity index (χ0v) is 17.0. The van der Waals surface area contributed by atoms with Gasteiger partial charge in [-0.2, -0.15) is 0 Å². The van der Waals surface area contributed by atoms with Gasteiger partial charge in [0.1, 0.15) is 5.75 Å². The summed E-state index contributed by atoms with van der Waals surface area (Å²) in [6.45, 7) is 6.37. The molecule has 1 aliphatic rings. The molecule has 0 aromatic heterocycles. The van der Waals surface area contributed by atoms with Crippen LogP contribution in [0, 0.1) is 0 Å². The number of methoxy groups -OCH3 is 1. The van der Waals surface area contributed by atoms with Crippen molar-refractivity contribution in [2.24, 2.45) is 0 Å². The fraction of sp³-hybridized carbons (Fsp3) is 0.435. The lowest BCUT2D eigenvalue weighted by Crippen LogP contribution is -2.50. The fourth-order valence-electron chi connectivity index (χ4n) is 3.43. The molecule has 1 fully saturated rings. The fourth-order valence-corrected chi connectivity index (χ4v) is 3.43. The minimum absolute atomic E-state index is 0.112. The van der Waals surface area contributed by atoms with Crippen LogP contribution in [0.1, 0.15) is 31.4 Å². The zero-order chi connectivity index (χ0) is 20.1. The van der Waals surface area contributed by atoms with E-state index in [1.54, 1.807) is 7.11 Å². The molecule has 28 heavy (non-hydrogen) atoms. The first-order valence-corrected chi connectivity index (χ1v) is 9.81. The standard InChI is InChI=1S/C23H30N2O3/c1-23(2,27)12-11-18-7-9-19(10-8-18)16-24-13-14-25(22(26)17-24)20-5-4-6-21(15-20)28-3/h4-10,15,27H,11-14,16-17H2,1-3H3. The SMILES string of the molecule is COc1cccc(N2CCN(Cc3ccc(CCC(C)(C)O)cc3)CC2=O)c1. The number of ether oxygens (including phenoxy) is 1. The highest BCUT2D eigenvalue weighted by atomic mass is 16.5. The number of amides is 1. The van der Waals surface area contributed by atoms with E-state index in [2.05, 4.69) is 29.2 Å². The summed E-state index contributed by atoms with van der Waals surface area (Å²) in [5.74, 6) is 0.874. The van der Waals surface area contributed by atoms with Crippen molar-refractivity contribution in [1.82, 2.24) is 4.90 Å². The average Bonchev–Trinajstić information content (AvgIpc) is 2.67. The van der Waals surface area contributed by atoms with E-state index < -0.39 is 5.60 Å². The van der Waals surface area contributed by atoms with E-state index >= 15 is 0 Å². The highest BCUT2D eigenvalue weighted by Gasteiger charge is 2.25. The van der Waals surface area contributed by atoms with Gasteiger partial charge in [-0.05, 0) is 49.9 Å². The van der Waals surface area contributed by atoms with Crippen LogP contribution in [0.3, 0.4) is 0 Å². The van der Waals surface area contributed by atoms with Gasteiger partial charge in [0.2, 0.25) is 5.91 Å². The van der Waals surface area contributed by atoms with Crippen LogP contribution in [0.2, 0.25) is 0 Å². The van der Waals surface area contributed by atoms with Crippen LogP contribution >= 0.6 is 0 Å². The summed E-state index contributed by atoms with van der Waals surface area (Å²) in [6, 6.07) is 16.1. The molecule has 0 aliphatic carbocycles. The number of hydrogen-bond donors (Lipinski definition) is 1.